The maximum atomic E-state index is 5.88. The Morgan fingerprint density at radius 1 is 1.44 bits per heavy atom. The minimum Gasteiger partial charge on any atom is -0.374 e. The zero-order valence-electron chi connectivity index (χ0n) is 11.8. The van der Waals surface area contributed by atoms with E-state index < -0.39 is 0 Å². The lowest BCUT2D eigenvalue weighted by atomic mass is 9.96. The van der Waals surface area contributed by atoms with Gasteiger partial charge in [0.25, 0.3) is 0 Å². The summed E-state index contributed by atoms with van der Waals surface area (Å²) in [5.41, 5.74) is 9.46. The maximum Gasteiger partial charge on any atom is 0.0895 e. The van der Waals surface area contributed by atoms with Gasteiger partial charge >= 0.3 is 0 Å². The highest BCUT2D eigenvalue weighted by molar-refractivity contribution is 5.30. The number of nitrogens with zero attached hydrogens (tertiary/aromatic N) is 3. The molecule has 0 bridgehead atoms. The highest BCUT2D eigenvalue weighted by Crippen LogP contribution is 2.32. The quantitative estimate of drug-likeness (QED) is 0.863. The molecule has 1 aliphatic heterocycles. The van der Waals surface area contributed by atoms with Gasteiger partial charge in [-0.2, -0.15) is 5.10 Å². The zero-order chi connectivity index (χ0) is 13.3. The molecule has 1 aliphatic rings. The molecule has 0 radical (unpaired) electrons. The first-order valence-electron chi connectivity index (χ1n) is 6.66. The van der Waals surface area contributed by atoms with Crippen molar-refractivity contribution in [3.8, 4) is 0 Å². The van der Waals surface area contributed by atoms with E-state index in [1.54, 1.807) is 0 Å². The molecule has 0 aliphatic carbocycles. The SMILES string of the molecule is CCN1CCOC(CN)C1c1c(C)nn(C)c1C. The molecule has 2 N–H and O–H groups in total. The Balaban J connectivity index is 2.42. The first-order chi connectivity index (χ1) is 8.60. The molecule has 1 fully saturated rings. The number of nitrogens with two attached hydrogens (primary N) is 1. The average Bonchev–Trinajstić information content (AvgIpc) is 2.62. The van der Waals surface area contributed by atoms with Gasteiger partial charge in [-0.15, -0.1) is 0 Å². The van der Waals surface area contributed by atoms with Crippen LogP contribution >= 0.6 is 0 Å². The molecule has 0 amide bonds. The minimum atomic E-state index is 0.0697. The topological polar surface area (TPSA) is 56.3 Å². The van der Waals surface area contributed by atoms with E-state index in [1.807, 2.05) is 11.7 Å². The third-order valence-electron chi connectivity index (χ3n) is 3.96. The van der Waals surface area contributed by atoms with E-state index in [0.29, 0.717) is 6.54 Å². The third kappa shape index (κ3) is 2.18. The molecule has 0 saturated carbocycles. The summed E-state index contributed by atoms with van der Waals surface area (Å²) in [6.45, 7) is 9.67. The molecule has 2 rings (SSSR count). The van der Waals surface area contributed by atoms with E-state index in [0.717, 1.165) is 25.4 Å². The van der Waals surface area contributed by atoms with Crippen LogP contribution in [0.4, 0.5) is 0 Å². The minimum absolute atomic E-state index is 0.0697. The second-order valence-electron chi connectivity index (χ2n) is 4.93. The Bertz CT molecular complexity index is 403. The largest absolute Gasteiger partial charge is 0.374 e. The van der Waals surface area contributed by atoms with Crippen LogP contribution in [-0.2, 0) is 11.8 Å². The van der Waals surface area contributed by atoms with E-state index in [4.69, 9.17) is 10.5 Å². The van der Waals surface area contributed by atoms with Crippen molar-refractivity contribution in [2.45, 2.75) is 32.9 Å². The number of likely N-dealkylation sites (N-methyl/N-ethyl adjacent to an activating group) is 1. The van der Waals surface area contributed by atoms with E-state index in [2.05, 4.69) is 30.8 Å². The zero-order valence-corrected chi connectivity index (χ0v) is 11.8. The number of hydrogen-bond donors (Lipinski definition) is 1. The van der Waals surface area contributed by atoms with E-state index in [-0.39, 0.29) is 12.1 Å². The molecule has 2 unspecified atom stereocenters. The first-order valence-corrected chi connectivity index (χ1v) is 6.66. The van der Waals surface area contributed by atoms with Crippen LogP contribution in [-0.4, -0.2) is 47.0 Å². The third-order valence-corrected chi connectivity index (χ3v) is 3.96. The molecule has 102 valence electrons. The summed E-state index contributed by atoms with van der Waals surface area (Å²) >= 11 is 0. The van der Waals surface area contributed by atoms with Gasteiger partial charge in [-0.05, 0) is 20.4 Å². The van der Waals surface area contributed by atoms with Crippen molar-refractivity contribution < 1.29 is 4.74 Å². The second kappa shape index (κ2) is 5.38. The van der Waals surface area contributed by atoms with Crippen molar-refractivity contribution in [2.75, 3.05) is 26.2 Å². The summed E-state index contributed by atoms with van der Waals surface area (Å²) < 4.78 is 7.79. The van der Waals surface area contributed by atoms with Crippen LogP contribution in [0.5, 0.6) is 0 Å². The Kier molecular flexibility index (Phi) is 4.04. The van der Waals surface area contributed by atoms with Crippen molar-refractivity contribution >= 4 is 0 Å². The van der Waals surface area contributed by atoms with Crippen LogP contribution in [0.2, 0.25) is 0 Å². The molecule has 5 nitrogen and oxygen atoms in total. The molecule has 0 aromatic carbocycles. The predicted molar refractivity (Wildman–Crippen MR) is 71.5 cm³/mol. The lowest BCUT2D eigenvalue weighted by Crippen LogP contribution is -2.48. The van der Waals surface area contributed by atoms with Gasteiger partial charge < -0.3 is 10.5 Å². The summed E-state index contributed by atoms with van der Waals surface area (Å²) in [4.78, 5) is 2.44. The van der Waals surface area contributed by atoms with Crippen molar-refractivity contribution in [3.05, 3.63) is 17.0 Å². The van der Waals surface area contributed by atoms with Crippen LogP contribution in [0.1, 0.15) is 29.9 Å². The Morgan fingerprint density at radius 3 is 2.67 bits per heavy atom. The normalized spacial score (nSPS) is 25.6. The lowest BCUT2D eigenvalue weighted by molar-refractivity contribution is -0.0662. The summed E-state index contributed by atoms with van der Waals surface area (Å²) in [5.74, 6) is 0. The predicted octanol–water partition coefficient (Wildman–Crippen LogP) is 0.757. The number of morpholine rings is 1. The molecule has 1 saturated heterocycles. The van der Waals surface area contributed by atoms with Gasteiger partial charge in [0, 0.05) is 31.4 Å². The van der Waals surface area contributed by atoms with Crippen molar-refractivity contribution in [2.24, 2.45) is 12.8 Å². The van der Waals surface area contributed by atoms with Gasteiger partial charge in [-0.25, -0.2) is 0 Å². The van der Waals surface area contributed by atoms with Crippen LogP contribution in [0.3, 0.4) is 0 Å². The second-order valence-corrected chi connectivity index (χ2v) is 4.93. The molecule has 0 spiro atoms. The monoisotopic (exact) mass is 252 g/mol. The Morgan fingerprint density at radius 2 is 2.17 bits per heavy atom. The summed E-state index contributed by atoms with van der Waals surface area (Å²) in [7, 11) is 1.99. The molecule has 1 aromatic heterocycles. The van der Waals surface area contributed by atoms with Crippen LogP contribution in [0.15, 0.2) is 0 Å². The van der Waals surface area contributed by atoms with Gasteiger partial charge in [0.2, 0.25) is 0 Å². The van der Waals surface area contributed by atoms with Crippen LogP contribution in [0.25, 0.3) is 0 Å². The van der Waals surface area contributed by atoms with Crippen LogP contribution < -0.4 is 5.73 Å². The Labute approximate surface area is 109 Å². The summed E-state index contributed by atoms with van der Waals surface area (Å²) in [6, 6.07) is 0.238. The molecule has 1 aromatic rings. The fourth-order valence-electron chi connectivity index (χ4n) is 2.92. The number of aryl methyl sites for hydroxylation is 2. The average molecular weight is 252 g/mol. The number of ether oxygens (including phenoxy) is 1. The van der Waals surface area contributed by atoms with Gasteiger partial charge in [-0.1, -0.05) is 6.92 Å². The van der Waals surface area contributed by atoms with Crippen molar-refractivity contribution in [1.29, 1.82) is 0 Å². The van der Waals surface area contributed by atoms with Gasteiger partial charge in [0.1, 0.15) is 0 Å². The van der Waals surface area contributed by atoms with Gasteiger partial charge in [0.15, 0.2) is 0 Å². The first kappa shape index (κ1) is 13.5. The molecule has 2 heterocycles. The Hall–Kier alpha value is -0.910. The molecule has 2 atom stereocenters. The fourth-order valence-corrected chi connectivity index (χ4v) is 2.92. The van der Waals surface area contributed by atoms with Gasteiger partial charge in [-0.3, -0.25) is 9.58 Å². The molecular formula is C13H24N4O. The highest BCUT2D eigenvalue weighted by Gasteiger charge is 2.35. The standard InChI is InChI=1S/C13H24N4O/c1-5-17-6-7-18-11(8-14)13(17)12-9(2)15-16(4)10(12)3/h11,13H,5-8,14H2,1-4H3. The number of aromatic nitrogens is 2. The number of hydrogen-bond acceptors (Lipinski definition) is 4. The van der Waals surface area contributed by atoms with E-state index in [9.17, 15) is 0 Å². The van der Waals surface area contributed by atoms with Crippen molar-refractivity contribution in [3.63, 3.8) is 0 Å². The van der Waals surface area contributed by atoms with Crippen LogP contribution in [0, 0.1) is 13.8 Å². The van der Waals surface area contributed by atoms with E-state index >= 15 is 0 Å². The van der Waals surface area contributed by atoms with E-state index in [1.165, 1.54) is 11.3 Å². The summed E-state index contributed by atoms with van der Waals surface area (Å²) in [5, 5.41) is 4.52. The molecule has 18 heavy (non-hydrogen) atoms. The summed E-state index contributed by atoms with van der Waals surface area (Å²) in [6.07, 6.45) is 0.0697. The molecule has 5 heteroatoms. The highest BCUT2D eigenvalue weighted by atomic mass is 16.5. The smallest absolute Gasteiger partial charge is 0.0895 e. The lowest BCUT2D eigenvalue weighted by Gasteiger charge is -2.40. The van der Waals surface area contributed by atoms with Crippen molar-refractivity contribution in [1.82, 2.24) is 14.7 Å². The van der Waals surface area contributed by atoms with Gasteiger partial charge in [0.05, 0.1) is 24.4 Å². The maximum absolute atomic E-state index is 5.88. The fraction of sp³-hybridized carbons (Fsp3) is 0.769. The molecular weight excluding hydrogens is 228 g/mol. The number of rotatable bonds is 3.